The van der Waals surface area contributed by atoms with E-state index in [9.17, 15) is 0 Å². The number of benzene rings is 6. The zero-order valence-corrected chi connectivity index (χ0v) is 31.7. The molecule has 0 fully saturated rings. The van der Waals surface area contributed by atoms with Gasteiger partial charge in [0.2, 0.25) is 6.71 Å². The molecule has 254 valence electrons. The van der Waals surface area contributed by atoms with Gasteiger partial charge in [-0.15, -0.1) is 0 Å². The highest BCUT2D eigenvalue weighted by Crippen LogP contribution is 2.50. The first-order valence-electron chi connectivity index (χ1n) is 18.5. The Balaban J connectivity index is 1.56. The highest BCUT2D eigenvalue weighted by atomic mass is 15.2. The van der Waals surface area contributed by atoms with Crippen LogP contribution in [0.15, 0.2) is 133 Å². The Morgan fingerprint density at radius 1 is 0.451 bits per heavy atom. The number of hydrogen-bond acceptors (Lipinski definition) is 2. The normalized spacial score (nSPS) is 13.5. The van der Waals surface area contributed by atoms with Crippen LogP contribution in [0.1, 0.15) is 79.0 Å². The van der Waals surface area contributed by atoms with Gasteiger partial charge in [-0.1, -0.05) is 159 Å². The Hall–Kier alpha value is -5.02. The summed E-state index contributed by atoms with van der Waals surface area (Å²) in [6.07, 6.45) is 0. The van der Waals surface area contributed by atoms with Crippen LogP contribution in [0.5, 0.6) is 0 Å². The number of hydrogen-bond donors (Lipinski definition) is 0. The molecule has 6 aromatic carbocycles. The predicted molar refractivity (Wildman–Crippen MR) is 222 cm³/mol. The maximum atomic E-state index is 2.64. The molecule has 0 aliphatic carbocycles. The number of fused-ring (bicyclic) bond motifs is 5. The molecule has 51 heavy (non-hydrogen) atoms. The van der Waals surface area contributed by atoms with Crippen LogP contribution in [0.25, 0.3) is 11.1 Å². The summed E-state index contributed by atoms with van der Waals surface area (Å²) in [7, 11) is 0. The monoisotopic (exact) mass is 664 g/mol. The molecular formula is C48H49BN2. The molecule has 0 amide bonds. The van der Waals surface area contributed by atoms with E-state index < -0.39 is 0 Å². The Bertz CT molecular complexity index is 2230. The highest BCUT2D eigenvalue weighted by molar-refractivity contribution is 7.01. The SMILES string of the molecule is CC(C)(C)c1ccccc1N1c2cc(N(c3ccccc3)c3ccccc3)cc3c2B(c2cccc(C(C)(C)C)c2-3)c2cccc(C(C)(C)C)c21. The van der Waals surface area contributed by atoms with Crippen LogP contribution in [0.4, 0.5) is 34.1 Å². The van der Waals surface area contributed by atoms with E-state index in [1.807, 2.05) is 0 Å². The lowest BCUT2D eigenvalue weighted by Gasteiger charge is -2.42. The van der Waals surface area contributed by atoms with Gasteiger partial charge in [-0.3, -0.25) is 0 Å². The summed E-state index contributed by atoms with van der Waals surface area (Å²) in [4.78, 5) is 5.08. The lowest BCUT2D eigenvalue weighted by atomic mass is 9.36. The van der Waals surface area contributed by atoms with Crippen molar-refractivity contribution in [1.29, 1.82) is 0 Å². The minimum Gasteiger partial charge on any atom is -0.311 e. The lowest BCUT2D eigenvalue weighted by Crippen LogP contribution is -2.55. The van der Waals surface area contributed by atoms with Gasteiger partial charge in [0.1, 0.15) is 0 Å². The van der Waals surface area contributed by atoms with Gasteiger partial charge in [-0.25, -0.2) is 0 Å². The van der Waals surface area contributed by atoms with E-state index in [0.29, 0.717) is 0 Å². The molecule has 8 rings (SSSR count). The van der Waals surface area contributed by atoms with E-state index in [4.69, 9.17) is 0 Å². The first kappa shape index (κ1) is 33.1. The molecule has 2 aliphatic rings. The second kappa shape index (κ2) is 11.8. The molecule has 0 atom stereocenters. The van der Waals surface area contributed by atoms with Gasteiger partial charge in [-0.05, 0) is 97.5 Å². The molecule has 0 saturated carbocycles. The third-order valence-corrected chi connectivity index (χ3v) is 10.8. The molecule has 0 aromatic heterocycles. The number of para-hydroxylation sites is 4. The summed E-state index contributed by atoms with van der Waals surface area (Å²) in [5, 5.41) is 0. The third-order valence-electron chi connectivity index (χ3n) is 10.8. The minimum absolute atomic E-state index is 0.0329. The average Bonchev–Trinajstić information content (AvgIpc) is 3.43. The molecule has 0 radical (unpaired) electrons. The van der Waals surface area contributed by atoms with Crippen LogP contribution in [0.3, 0.4) is 0 Å². The molecule has 0 N–H and O–H groups in total. The van der Waals surface area contributed by atoms with E-state index in [1.54, 1.807) is 0 Å². The quantitative estimate of drug-likeness (QED) is 0.173. The maximum absolute atomic E-state index is 2.64. The largest absolute Gasteiger partial charge is 0.311 e. The van der Waals surface area contributed by atoms with Crippen molar-refractivity contribution in [1.82, 2.24) is 0 Å². The summed E-state index contributed by atoms with van der Waals surface area (Å²) < 4.78 is 0. The van der Waals surface area contributed by atoms with Crippen LogP contribution in [-0.2, 0) is 16.2 Å². The number of rotatable bonds is 4. The fourth-order valence-electron chi connectivity index (χ4n) is 8.59. The van der Waals surface area contributed by atoms with Gasteiger partial charge in [0.05, 0.1) is 0 Å². The van der Waals surface area contributed by atoms with Crippen LogP contribution in [-0.4, -0.2) is 6.71 Å². The van der Waals surface area contributed by atoms with Gasteiger partial charge < -0.3 is 9.80 Å². The molecule has 0 spiro atoms. The topological polar surface area (TPSA) is 6.48 Å². The predicted octanol–water partition coefficient (Wildman–Crippen LogP) is 11.3. The zero-order valence-electron chi connectivity index (χ0n) is 31.7. The van der Waals surface area contributed by atoms with E-state index in [0.717, 1.165) is 17.1 Å². The van der Waals surface area contributed by atoms with Crippen LogP contribution < -0.4 is 26.2 Å². The molecule has 0 bridgehead atoms. The summed E-state index contributed by atoms with van der Waals surface area (Å²) in [5.41, 5.74) is 18.2. The number of nitrogens with zero attached hydrogens (tertiary/aromatic N) is 2. The van der Waals surface area contributed by atoms with E-state index in [1.165, 1.54) is 61.3 Å². The van der Waals surface area contributed by atoms with Crippen LogP contribution in [0, 0.1) is 0 Å². The van der Waals surface area contributed by atoms with Gasteiger partial charge in [0.25, 0.3) is 0 Å². The Kier molecular flexibility index (Phi) is 7.65. The van der Waals surface area contributed by atoms with E-state index in [-0.39, 0.29) is 23.0 Å². The maximum Gasteiger partial charge on any atom is 0.248 e. The molecule has 6 aromatic rings. The summed E-state index contributed by atoms with van der Waals surface area (Å²) >= 11 is 0. The third kappa shape index (κ3) is 5.41. The standard InChI is InChI=1S/C48H49BN2/c1-46(2,3)36-24-16-17-29-41(36)51-42-31-34(50(32-20-12-10-13-21-32)33-22-14-11-15-23-33)30-35-43-37(47(4,5)6)25-18-27-39(43)49(44(35)42)40-28-19-26-38(45(40)51)48(7,8)9/h10-31H,1-9H3. The van der Waals surface area contributed by atoms with Crippen molar-refractivity contribution < 1.29 is 0 Å². The van der Waals surface area contributed by atoms with Crippen molar-refractivity contribution in [2.24, 2.45) is 0 Å². The first-order valence-corrected chi connectivity index (χ1v) is 18.5. The Morgan fingerprint density at radius 3 is 1.55 bits per heavy atom. The first-order chi connectivity index (χ1) is 24.2. The van der Waals surface area contributed by atoms with Crippen LogP contribution >= 0.6 is 0 Å². The molecule has 0 unspecified atom stereocenters. The van der Waals surface area contributed by atoms with Crippen molar-refractivity contribution in [3.63, 3.8) is 0 Å². The van der Waals surface area contributed by atoms with Gasteiger partial charge in [0, 0.05) is 34.1 Å². The Morgan fingerprint density at radius 2 is 0.961 bits per heavy atom. The molecular weight excluding hydrogens is 615 g/mol. The van der Waals surface area contributed by atoms with Crippen molar-refractivity contribution in [3.8, 4) is 11.1 Å². The van der Waals surface area contributed by atoms with Gasteiger partial charge in [-0.2, -0.15) is 0 Å². The molecule has 0 saturated heterocycles. The molecule has 2 nitrogen and oxygen atoms in total. The zero-order chi connectivity index (χ0) is 35.9. The summed E-state index contributed by atoms with van der Waals surface area (Å²) in [5.74, 6) is 0. The summed E-state index contributed by atoms with van der Waals surface area (Å²) in [6, 6.07) is 49.9. The Labute approximate surface area is 305 Å². The van der Waals surface area contributed by atoms with Crippen molar-refractivity contribution >= 4 is 57.2 Å². The van der Waals surface area contributed by atoms with Gasteiger partial charge >= 0.3 is 0 Å². The minimum atomic E-state index is -0.0764. The number of anilines is 6. The van der Waals surface area contributed by atoms with Crippen molar-refractivity contribution in [3.05, 3.63) is 150 Å². The van der Waals surface area contributed by atoms with Crippen LogP contribution in [0.2, 0.25) is 0 Å². The lowest BCUT2D eigenvalue weighted by molar-refractivity contribution is 0.587. The fraction of sp³-hybridized carbons (Fsp3) is 0.250. The summed E-state index contributed by atoms with van der Waals surface area (Å²) in [6.45, 7) is 21.3. The smallest absolute Gasteiger partial charge is 0.248 e. The molecule has 2 heterocycles. The highest BCUT2D eigenvalue weighted by Gasteiger charge is 2.46. The van der Waals surface area contributed by atoms with E-state index in [2.05, 4.69) is 206 Å². The second-order valence-corrected chi connectivity index (χ2v) is 17.5. The van der Waals surface area contributed by atoms with E-state index >= 15 is 0 Å². The van der Waals surface area contributed by atoms with Crippen molar-refractivity contribution in [2.75, 3.05) is 9.80 Å². The average molecular weight is 665 g/mol. The van der Waals surface area contributed by atoms with Gasteiger partial charge in [0.15, 0.2) is 0 Å². The second-order valence-electron chi connectivity index (χ2n) is 17.5. The molecule has 3 heteroatoms. The fourth-order valence-corrected chi connectivity index (χ4v) is 8.59. The molecule has 2 aliphatic heterocycles. The van der Waals surface area contributed by atoms with Crippen molar-refractivity contribution in [2.45, 2.75) is 78.6 Å².